The van der Waals surface area contributed by atoms with Gasteiger partial charge in [0.15, 0.2) is 23.1 Å². The van der Waals surface area contributed by atoms with Crippen LogP contribution in [-0.2, 0) is 54.4 Å². The van der Waals surface area contributed by atoms with E-state index >= 15 is 14.4 Å². The maximum absolute atomic E-state index is 15.9. The van der Waals surface area contributed by atoms with Crippen LogP contribution < -0.4 is 41.2 Å². The van der Waals surface area contributed by atoms with Crippen LogP contribution in [-0.4, -0.2) is 150 Å². The standard InChI is InChI=1S/C61H65Cl2N5O20.CO2/c1-24(2)10-37(65-3)60(84)68-51-41(74)15-29(18-48(64)76)58(82)67-50-28-16-45(57(88-61-56(81)55(80)54(79)47(23-69)87-61)46(17-28)86-44-9-6-27(53(51)78)14-36(44)63)85-43-8-5-26(13-35(43)62)52(77)34-21-39(72)32(20-42(50)75)25-4-7-38(71)33(12-25)49-30(22-66-59(34)83)11-31(70)19-40(49)73;2-1-3/h4-9,11-14,16-17,19,24,29,32,34,37,47,50-56,61,65,69-71,73,77-81H,10,15,18,20-23H2,1-3H3,(H2,64,76)(H,66,83)(H,67,82)(H,68,84);/t29-,32-,34-,37+,47?,50+,51-,52+,53+,54?,55-,56+,61?;/m0./s1. The van der Waals surface area contributed by atoms with Crippen molar-refractivity contribution in [1.29, 1.82) is 0 Å². The molecule has 11 bridgehead atoms. The van der Waals surface area contributed by atoms with Crippen molar-refractivity contribution >= 4 is 70.3 Å². The highest BCUT2D eigenvalue weighted by Gasteiger charge is 2.47. The van der Waals surface area contributed by atoms with Gasteiger partial charge in [-0.25, -0.2) is 0 Å². The van der Waals surface area contributed by atoms with Crippen LogP contribution >= 0.6 is 23.2 Å². The number of phenolic OH excluding ortho intramolecular Hbond substituents is 3. The van der Waals surface area contributed by atoms with E-state index in [0.29, 0.717) is 0 Å². The summed E-state index contributed by atoms with van der Waals surface area (Å²) in [7, 11) is 1.51. The lowest BCUT2D eigenvalue weighted by molar-refractivity contribution is -0.277. The molecule has 15 N–H and O–H groups in total. The molecule has 91 heavy (non-hydrogen) atoms. The summed E-state index contributed by atoms with van der Waals surface area (Å²) >= 11 is 13.9. The number of primary amides is 1. The van der Waals surface area contributed by atoms with Gasteiger partial charge in [0.25, 0.3) is 0 Å². The predicted molar refractivity (Wildman–Crippen MR) is 315 cm³/mol. The molecule has 0 saturated carbocycles. The second-order valence-corrected chi connectivity index (χ2v) is 23.5. The van der Waals surface area contributed by atoms with Crippen LogP contribution in [0.15, 0.2) is 78.9 Å². The number of benzene rings is 5. The lowest BCUT2D eigenvalue weighted by atomic mass is 9.80. The second kappa shape index (κ2) is 29.1. The van der Waals surface area contributed by atoms with Crippen LogP contribution in [0.1, 0.15) is 97.9 Å². The Hall–Kier alpha value is -8.57. The highest BCUT2D eigenvalue weighted by molar-refractivity contribution is 6.32. The SMILES string of the molecule is CN[C@H](CC(C)C)C(=O)N[C@H]1C(=O)C[C@@H](CC(N)=O)C(=O)N[C@H]2C(=O)C[C@@H]3C(=O)C[C@H](C(=O)NCc4cc(O)cc(O)c4-c4cc3ccc4O)[C@H](O)c3ccc(c(Cl)c3)Oc3cc2cc(c3OC2OC(CO)C(O)[C@H](O)[C@H]2O)Oc2ccc(cc2Cl)[C@H]1O.O=C=O. The minimum absolute atomic E-state index is 0.0148. The van der Waals surface area contributed by atoms with Crippen LogP contribution in [0, 0.1) is 17.8 Å². The van der Waals surface area contributed by atoms with Gasteiger partial charge in [-0.2, -0.15) is 9.59 Å². The van der Waals surface area contributed by atoms with Gasteiger partial charge >= 0.3 is 6.15 Å². The van der Waals surface area contributed by atoms with Crippen LogP contribution in [0.4, 0.5) is 0 Å². The van der Waals surface area contributed by atoms with Crippen LogP contribution in [0.5, 0.6) is 46.0 Å². The highest BCUT2D eigenvalue weighted by atomic mass is 35.5. The summed E-state index contributed by atoms with van der Waals surface area (Å²) in [5.41, 5.74) is 5.15. The van der Waals surface area contributed by atoms with Crippen molar-refractivity contribution in [2.24, 2.45) is 23.5 Å². The summed E-state index contributed by atoms with van der Waals surface area (Å²) in [4.78, 5) is 119. The minimum Gasteiger partial charge on any atom is -0.508 e. The number of aliphatic hydroxyl groups excluding tert-OH is 6. The number of aromatic hydroxyl groups is 3. The number of carbonyl (C=O) groups excluding carboxylic acids is 9. The average Bonchev–Trinajstić information content (AvgIpc) is 0.803. The number of aliphatic hydroxyl groups is 6. The number of nitrogens with one attached hydrogen (secondary N) is 4. The molecule has 6 aliphatic heterocycles. The third kappa shape index (κ3) is 15.3. The van der Waals surface area contributed by atoms with E-state index in [-0.39, 0.29) is 79.0 Å². The largest absolute Gasteiger partial charge is 0.508 e. The van der Waals surface area contributed by atoms with Crippen LogP contribution in [0.2, 0.25) is 10.0 Å². The first-order valence-electron chi connectivity index (χ1n) is 28.4. The summed E-state index contributed by atoms with van der Waals surface area (Å²) in [6, 6.07) is 10.8. The molecule has 0 spiro atoms. The van der Waals surface area contributed by atoms with Gasteiger partial charge in [0.05, 0.1) is 40.6 Å². The number of nitrogens with two attached hydrogens (primary N) is 1. The lowest BCUT2D eigenvalue weighted by Crippen LogP contribution is -2.60. The van der Waals surface area contributed by atoms with Crippen molar-refractivity contribution in [2.45, 2.75) is 119 Å². The van der Waals surface area contributed by atoms with Crippen molar-refractivity contribution in [3.05, 3.63) is 117 Å². The van der Waals surface area contributed by atoms with Crippen molar-refractivity contribution in [3.63, 3.8) is 0 Å². The molecule has 29 heteroatoms. The van der Waals surface area contributed by atoms with Gasteiger partial charge in [-0.15, -0.1) is 0 Å². The topological polar surface area (TPSA) is 447 Å². The number of fused-ring (bicyclic) bond motifs is 15. The van der Waals surface area contributed by atoms with E-state index < -0.39 is 193 Å². The smallest absolute Gasteiger partial charge is 0.373 e. The number of carbonyl (C=O) groups is 7. The number of rotatable bonds is 10. The molecule has 1 fully saturated rings. The van der Waals surface area contributed by atoms with Gasteiger partial charge < -0.3 is 91.9 Å². The molecule has 13 atom stereocenters. The van der Waals surface area contributed by atoms with Crippen molar-refractivity contribution in [3.8, 4) is 57.1 Å². The molecular formula is C62H65Cl2N5O22. The Kier molecular flexibility index (Phi) is 21.9. The van der Waals surface area contributed by atoms with Gasteiger partial charge in [0, 0.05) is 55.3 Å². The number of ether oxygens (including phenoxy) is 4. The number of halogens is 2. The first kappa shape index (κ1) is 68.3. The van der Waals surface area contributed by atoms with Gasteiger partial charge in [0.1, 0.15) is 77.1 Å². The Morgan fingerprint density at radius 3 is 1.92 bits per heavy atom. The molecule has 0 radical (unpaired) electrons. The summed E-state index contributed by atoms with van der Waals surface area (Å²) in [5, 5.41) is 111. The van der Waals surface area contributed by atoms with E-state index in [0.717, 1.165) is 18.2 Å². The molecule has 1 saturated heterocycles. The van der Waals surface area contributed by atoms with E-state index in [1.54, 1.807) is 0 Å². The Balaban J connectivity index is 0.00000349. The van der Waals surface area contributed by atoms with Gasteiger partial charge in [-0.3, -0.25) is 33.6 Å². The molecular weight excluding hydrogens is 1240 g/mol. The van der Waals surface area contributed by atoms with Crippen molar-refractivity contribution < 1.29 is 108 Å². The molecule has 6 heterocycles. The molecule has 11 rings (SSSR count). The van der Waals surface area contributed by atoms with E-state index in [4.69, 9.17) is 57.5 Å². The minimum atomic E-state index is -2.09. The number of phenols is 3. The van der Waals surface area contributed by atoms with E-state index in [2.05, 4.69) is 21.3 Å². The molecule has 6 aliphatic rings. The van der Waals surface area contributed by atoms with E-state index in [1.165, 1.54) is 67.7 Å². The van der Waals surface area contributed by atoms with Gasteiger partial charge in [-0.05, 0) is 102 Å². The maximum Gasteiger partial charge on any atom is 0.373 e. The fourth-order valence-electron chi connectivity index (χ4n) is 11.3. The molecule has 0 aliphatic carbocycles. The zero-order chi connectivity index (χ0) is 66.4. The van der Waals surface area contributed by atoms with Crippen molar-refractivity contribution in [1.82, 2.24) is 21.3 Å². The summed E-state index contributed by atoms with van der Waals surface area (Å²) < 4.78 is 25.0. The molecule has 0 aromatic heterocycles. The first-order chi connectivity index (χ1) is 43.2. The molecule has 5 aromatic carbocycles. The van der Waals surface area contributed by atoms with Crippen LogP contribution in [0.25, 0.3) is 11.1 Å². The number of likely N-dealkylation sites (N-methyl/N-ethyl adjacent to an activating group) is 1. The van der Waals surface area contributed by atoms with Crippen molar-refractivity contribution in [2.75, 3.05) is 13.7 Å². The zero-order valence-electron chi connectivity index (χ0n) is 48.7. The monoisotopic (exact) mass is 1300 g/mol. The number of Topliss-reactive ketones (excluding diaryl/α,β-unsaturated/α-hetero) is 3. The maximum atomic E-state index is 15.9. The Morgan fingerprint density at radius 1 is 0.725 bits per heavy atom. The van der Waals surface area contributed by atoms with E-state index in [9.17, 15) is 65.1 Å². The number of ketones is 3. The molecule has 5 aromatic rings. The van der Waals surface area contributed by atoms with Crippen LogP contribution in [0.3, 0.4) is 0 Å². The lowest BCUT2D eigenvalue weighted by Gasteiger charge is -2.39. The highest BCUT2D eigenvalue weighted by Crippen LogP contribution is 2.50. The number of hydrogen-bond acceptors (Lipinski definition) is 23. The summed E-state index contributed by atoms with van der Waals surface area (Å²) in [6.45, 7) is 2.37. The Bertz CT molecular complexity index is 3670. The summed E-state index contributed by atoms with van der Waals surface area (Å²) in [5.74, 6) is -15.6. The first-order valence-corrected chi connectivity index (χ1v) is 29.2. The van der Waals surface area contributed by atoms with E-state index in [1.807, 2.05) is 13.8 Å². The van der Waals surface area contributed by atoms with Gasteiger partial charge in [-0.1, -0.05) is 55.2 Å². The number of amides is 4. The molecule has 4 amide bonds. The quantitative estimate of drug-likeness (QED) is 0.0956. The molecule has 27 nitrogen and oxygen atoms in total. The number of hydrogen-bond donors (Lipinski definition) is 14. The molecule has 3 unspecified atom stereocenters. The average molecular weight is 1300 g/mol. The van der Waals surface area contributed by atoms with Gasteiger partial charge in [0.2, 0.25) is 35.7 Å². The fourth-order valence-corrected chi connectivity index (χ4v) is 11.7. The third-order valence-electron chi connectivity index (χ3n) is 16.0. The Morgan fingerprint density at radius 2 is 1.34 bits per heavy atom. The summed E-state index contributed by atoms with van der Waals surface area (Å²) in [6.07, 6.45) is -16.3. The fraction of sp³-hybridized carbons (Fsp3) is 0.387. The molecule has 484 valence electrons. The second-order valence-electron chi connectivity index (χ2n) is 22.6. The zero-order valence-corrected chi connectivity index (χ0v) is 50.2. The Labute approximate surface area is 528 Å². The normalized spacial score (nSPS) is 25.4. The predicted octanol–water partition coefficient (Wildman–Crippen LogP) is 2.73. The third-order valence-corrected chi connectivity index (χ3v) is 16.6.